The molecule has 2 rings (SSSR count). The fraction of sp³-hybridized carbons (Fsp3) is 0.143. The second-order valence-corrected chi connectivity index (χ2v) is 3.98. The van der Waals surface area contributed by atoms with Gasteiger partial charge in [-0.3, -0.25) is 9.78 Å². The van der Waals surface area contributed by atoms with Crippen LogP contribution in [0.4, 0.5) is 4.39 Å². The minimum Gasteiger partial charge on any atom is -0.287 e. The monoisotopic (exact) mass is 229 g/mol. The van der Waals surface area contributed by atoms with Gasteiger partial charge in [0.25, 0.3) is 0 Å². The van der Waals surface area contributed by atoms with E-state index in [9.17, 15) is 9.18 Å². The van der Waals surface area contributed by atoms with Gasteiger partial charge in [0.05, 0.1) is 5.56 Å². The maximum absolute atomic E-state index is 13.8. The normalized spacial score (nSPS) is 10.3. The van der Waals surface area contributed by atoms with Crippen LogP contribution in [0.15, 0.2) is 36.5 Å². The predicted octanol–water partition coefficient (Wildman–Crippen LogP) is 3.07. The molecule has 2 nitrogen and oxygen atoms in total. The summed E-state index contributed by atoms with van der Waals surface area (Å²) in [6, 6.07) is 8.17. The van der Waals surface area contributed by atoms with E-state index in [-0.39, 0.29) is 17.0 Å². The number of rotatable bonds is 2. The third-order valence-electron chi connectivity index (χ3n) is 2.56. The number of hydrogen-bond acceptors (Lipinski definition) is 2. The zero-order valence-electron chi connectivity index (χ0n) is 9.70. The van der Waals surface area contributed by atoms with Gasteiger partial charge in [0.2, 0.25) is 5.78 Å². The lowest BCUT2D eigenvalue weighted by Crippen LogP contribution is -2.08. The van der Waals surface area contributed by atoms with Crippen molar-refractivity contribution in [3.05, 3.63) is 64.7 Å². The number of hydrogen-bond donors (Lipinski definition) is 0. The number of nitrogens with zero attached hydrogens (tertiary/aromatic N) is 1. The van der Waals surface area contributed by atoms with E-state index in [0.29, 0.717) is 5.56 Å². The summed E-state index contributed by atoms with van der Waals surface area (Å²) in [7, 11) is 0. The van der Waals surface area contributed by atoms with Gasteiger partial charge in [0, 0.05) is 6.20 Å². The van der Waals surface area contributed by atoms with Crippen LogP contribution in [0.2, 0.25) is 0 Å². The van der Waals surface area contributed by atoms with Crippen molar-refractivity contribution in [3.8, 4) is 0 Å². The summed E-state index contributed by atoms with van der Waals surface area (Å²) in [5.41, 5.74) is 1.81. The lowest BCUT2D eigenvalue weighted by atomic mass is 9.99. The van der Waals surface area contributed by atoms with Gasteiger partial charge in [-0.05, 0) is 43.2 Å². The first kappa shape index (κ1) is 11.5. The van der Waals surface area contributed by atoms with Gasteiger partial charge in [-0.25, -0.2) is 4.39 Å². The molecule has 0 amide bonds. The highest BCUT2D eigenvalue weighted by atomic mass is 19.1. The molecule has 0 spiro atoms. The quantitative estimate of drug-likeness (QED) is 0.741. The standard InChI is InChI=1S/C14H12FNO/c1-9-7-10(2)13(11(15)8-9)14(17)12-5-3-4-6-16-12/h3-8H,1-2H3. The molecule has 0 aliphatic carbocycles. The van der Waals surface area contributed by atoms with Crippen molar-refractivity contribution in [2.45, 2.75) is 13.8 Å². The van der Waals surface area contributed by atoms with Crippen LogP contribution in [0.5, 0.6) is 0 Å². The molecule has 0 unspecified atom stereocenters. The summed E-state index contributed by atoms with van der Waals surface area (Å²) in [6.45, 7) is 3.53. The van der Waals surface area contributed by atoms with Gasteiger partial charge in [0.15, 0.2) is 0 Å². The molecule has 86 valence electrons. The van der Waals surface area contributed by atoms with Crippen molar-refractivity contribution in [2.75, 3.05) is 0 Å². The zero-order valence-corrected chi connectivity index (χ0v) is 9.70. The van der Waals surface area contributed by atoms with Crippen LogP contribution in [0.1, 0.15) is 27.2 Å². The minimum atomic E-state index is -0.488. The van der Waals surface area contributed by atoms with Gasteiger partial charge in [0.1, 0.15) is 11.5 Å². The summed E-state index contributed by atoms with van der Waals surface area (Å²) < 4.78 is 13.8. The molecule has 3 heteroatoms. The summed E-state index contributed by atoms with van der Waals surface area (Å²) in [5, 5.41) is 0. The number of carbonyl (C=O) groups is 1. The molecule has 0 aliphatic heterocycles. The third-order valence-corrected chi connectivity index (χ3v) is 2.56. The number of pyridine rings is 1. The molecule has 0 fully saturated rings. The third kappa shape index (κ3) is 2.23. The first-order valence-corrected chi connectivity index (χ1v) is 5.32. The Bertz CT molecular complexity index is 541. The van der Waals surface area contributed by atoms with Gasteiger partial charge in [-0.2, -0.15) is 0 Å². The largest absolute Gasteiger partial charge is 0.287 e. The van der Waals surface area contributed by atoms with E-state index in [4.69, 9.17) is 0 Å². The molecule has 1 aromatic carbocycles. The van der Waals surface area contributed by atoms with E-state index in [1.165, 1.54) is 12.3 Å². The van der Waals surface area contributed by atoms with Crippen LogP contribution in [0.3, 0.4) is 0 Å². The molecular formula is C14H12FNO. The molecule has 2 aromatic rings. The van der Waals surface area contributed by atoms with Crippen molar-refractivity contribution in [1.29, 1.82) is 0 Å². The summed E-state index contributed by atoms with van der Waals surface area (Å²) in [4.78, 5) is 16.0. The summed E-state index contributed by atoms with van der Waals surface area (Å²) >= 11 is 0. The maximum Gasteiger partial charge on any atom is 0.214 e. The Labute approximate surface area is 99.1 Å². The lowest BCUT2D eigenvalue weighted by molar-refractivity contribution is 0.103. The summed E-state index contributed by atoms with van der Waals surface area (Å²) in [5.74, 6) is -0.862. The van der Waals surface area contributed by atoms with E-state index in [1.54, 1.807) is 38.1 Å². The number of halogens is 1. The maximum atomic E-state index is 13.8. The average Bonchev–Trinajstić information content (AvgIpc) is 2.28. The van der Waals surface area contributed by atoms with Crippen LogP contribution < -0.4 is 0 Å². The molecule has 0 aliphatic rings. The smallest absolute Gasteiger partial charge is 0.214 e. The van der Waals surface area contributed by atoms with Crippen molar-refractivity contribution in [3.63, 3.8) is 0 Å². The van der Waals surface area contributed by atoms with Crippen molar-refractivity contribution in [1.82, 2.24) is 4.98 Å². The topological polar surface area (TPSA) is 30.0 Å². The molecule has 0 radical (unpaired) electrons. The second-order valence-electron chi connectivity index (χ2n) is 3.98. The highest BCUT2D eigenvalue weighted by Crippen LogP contribution is 2.18. The fourth-order valence-electron chi connectivity index (χ4n) is 1.83. The van der Waals surface area contributed by atoms with Crippen molar-refractivity contribution < 1.29 is 9.18 Å². The van der Waals surface area contributed by atoms with Crippen molar-refractivity contribution in [2.24, 2.45) is 0 Å². The van der Waals surface area contributed by atoms with Gasteiger partial charge in [-0.15, -0.1) is 0 Å². The van der Waals surface area contributed by atoms with Crippen LogP contribution in [-0.2, 0) is 0 Å². The van der Waals surface area contributed by atoms with Gasteiger partial charge in [-0.1, -0.05) is 12.1 Å². The number of carbonyl (C=O) groups excluding carboxylic acids is 1. The SMILES string of the molecule is Cc1cc(C)c(C(=O)c2ccccn2)c(F)c1. The Balaban J connectivity index is 2.52. The molecule has 1 aromatic heterocycles. The number of ketones is 1. The van der Waals surface area contributed by atoms with E-state index in [1.807, 2.05) is 0 Å². The van der Waals surface area contributed by atoms with E-state index >= 15 is 0 Å². The first-order valence-electron chi connectivity index (χ1n) is 5.32. The van der Waals surface area contributed by atoms with Crippen LogP contribution in [0.25, 0.3) is 0 Å². The zero-order chi connectivity index (χ0) is 12.4. The minimum absolute atomic E-state index is 0.106. The van der Waals surface area contributed by atoms with Crippen LogP contribution in [0, 0.1) is 19.7 Å². The molecule has 0 N–H and O–H groups in total. The van der Waals surface area contributed by atoms with Gasteiger partial charge >= 0.3 is 0 Å². The molecule has 17 heavy (non-hydrogen) atoms. The molecule has 0 saturated carbocycles. The number of benzene rings is 1. The first-order chi connectivity index (χ1) is 8.09. The Morgan fingerprint density at radius 1 is 1.24 bits per heavy atom. The highest BCUT2D eigenvalue weighted by molar-refractivity contribution is 6.08. The average molecular weight is 229 g/mol. The van der Waals surface area contributed by atoms with Gasteiger partial charge < -0.3 is 0 Å². The number of aryl methyl sites for hydroxylation is 2. The molecule has 0 saturated heterocycles. The van der Waals surface area contributed by atoms with E-state index in [2.05, 4.69) is 4.98 Å². The Morgan fingerprint density at radius 3 is 2.59 bits per heavy atom. The van der Waals surface area contributed by atoms with E-state index < -0.39 is 5.82 Å². The Morgan fingerprint density at radius 2 is 2.00 bits per heavy atom. The fourth-order valence-corrected chi connectivity index (χ4v) is 1.83. The highest BCUT2D eigenvalue weighted by Gasteiger charge is 2.17. The molecular weight excluding hydrogens is 217 g/mol. The second kappa shape index (κ2) is 4.45. The Kier molecular flexibility index (Phi) is 3.00. The molecule has 0 atom stereocenters. The Hall–Kier alpha value is -2.03. The molecule has 0 bridgehead atoms. The van der Waals surface area contributed by atoms with Crippen LogP contribution in [-0.4, -0.2) is 10.8 Å². The van der Waals surface area contributed by atoms with Crippen LogP contribution >= 0.6 is 0 Å². The number of aromatic nitrogens is 1. The molecule has 1 heterocycles. The van der Waals surface area contributed by atoms with Crippen molar-refractivity contribution >= 4 is 5.78 Å². The lowest BCUT2D eigenvalue weighted by Gasteiger charge is -2.07. The van der Waals surface area contributed by atoms with E-state index in [0.717, 1.165) is 5.56 Å². The predicted molar refractivity (Wildman–Crippen MR) is 63.5 cm³/mol. The summed E-state index contributed by atoms with van der Waals surface area (Å²) in [6.07, 6.45) is 1.52.